The normalized spacial score (nSPS) is 22.0. The number of nitrogens with zero attached hydrogens (tertiary/aromatic N) is 1. The SMILES string of the molecule is O=C1CN(C2CCCC2)C(c2ccccc2)c2cc(Cl)ccc2N1. The molecule has 0 bridgehead atoms. The van der Waals surface area contributed by atoms with Crippen LogP contribution in [-0.2, 0) is 4.79 Å². The standard InChI is InChI=1S/C20H21ClN2O/c21-15-10-11-18-17(12-15)20(14-6-2-1-3-7-14)23(13-19(24)22-18)16-8-4-5-9-16/h1-3,6-7,10-12,16,20H,4-5,8-9,13H2,(H,22,24). The summed E-state index contributed by atoms with van der Waals surface area (Å²) in [6, 6.07) is 16.7. The minimum atomic E-state index is 0.0574. The van der Waals surface area contributed by atoms with Crippen LogP contribution in [0.2, 0.25) is 5.02 Å². The summed E-state index contributed by atoms with van der Waals surface area (Å²) in [4.78, 5) is 14.9. The molecule has 3 nitrogen and oxygen atoms in total. The smallest absolute Gasteiger partial charge is 0.238 e. The maximum absolute atomic E-state index is 12.5. The van der Waals surface area contributed by atoms with Crippen LogP contribution < -0.4 is 5.32 Å². The van der Waals surface area contributed by atoms with E-state index in [4.69, 9.17) is 11.6 Å². The molecule has 0 saturated heterocycles. The molecule has 2 aromatic carbocycles. The molecule has 1 N–H and O–H groups in total. The van der Waals surface area contributed by atoms with E-state index in [1.807, 2.05) is 24.3 Å². The van der Waals surface area contributed by atoms with E-state index < -0.39 is 0 Å². The van der Waals surface area contributed by atoms with Crippen molar-refractivity contribution in [2.24, 2.45) is 0 Å². The second-order valence-electron chi connectivity index (χ2n) is 6.70. The lowest BCUT2D eigenvalue weighted by atomic mass is 9.94. The van der Waals surface area contributed by atoms with E-state index in [9.17, 15) is 4.79 Å². The molecule has 1 saturated carbocycles. The van der Waals surface area contributed by atoms with Gasteiger partial charge in [0.25, 0.3) is 0 Å². The summed E-state index contributed by atoms with van der Waals surface area (Å²) in [6.07, 6.45) is 4.80. The van der Waals surface area contributed by atoms with E-state index >= 15 is 0 Å². The van der Waals surface area contributed by atoms with E-state index in [2.05, 4.69) is 34.5 Å². The molecule has 1 fully saturated rings. The first-order valence-electron chi connectivity index (χ1n) is 8.62. The van der Waals surface area contributed by atoms with Gasteiger partial charge in [0.2, 0.25) is 5.91 Å². The van der Waals surface area contributed by atoms with Crippen LogP contribution in [0, 0.1) is 0 Å². The van der Waals surface area contributed by atoms with Gasteiger partial charge in [-0.15, -0.1) is 0 Å². The van der Waals surface area contributed by atoms with E-state index in [1.54, 1.807) is 0 Å². The average molecular weight is 341 g/mol. The fourth-order valence-electron chi connectivity index (χ4n) is 4.08. The van der Waals surface area contributed by atoms with Crippen molar-refractivity contribution in [2.45, 2.75) is 37.8 Å². The summed E-state index contributed by atoms with van der Waals surface area (Å²) < 4.78 is 0. The van der Waals surface area contributed by atoms with E-state index in [0.29, 0.717) is 17.6 Å². The van der Waals surface area contributed by atoms with Crippen molar-refractivity contribution < 1.29 is 4.79 Å². The molecule has 2 aromatic rings. The molecule has 24 heavy (non-hydrogen) atoms. The van der Waals surface area contributed by atoms with Gasteiger partial charge in [0.1, 0.15) is 0 Å². The first-order valence-corrected chi connectivity index (χ1v) is 9.00. The second-order valence-corrected chi connectivity index (χ2v) is 7.14. The summed E-state index contributed by atoms with van der Waals surface area (Å²) in [5.74, 6) is 0.0592. The fraction of sp³-hybridized carbons (Fsp3) is 0.350. The highest BCUT2D eigenvalue weighted by molar-refractivity contribution is 6.30. The van der Waals surface area contributed by atoms with Gasteiger partial charge in [0.05, 0.1) is 12.6 Å². The van der Waals surface area contributed by atoms with Crippen molar-refractivity contribution in [3.05, 3.63) is 64.7 Å². The van der Waals surface area contributed by atoms with Crippen LogP contribution in [0.25, 0.3) is 0 Å². The van der Waals surface area contributed by atoms with Crippen LogP contribution in [-0.4, -0.2) is 23.4 Å². The van der Waals surface area contributed by atoms with Crippen molar-refractivity contribution in [3.8, 4) is 0 Å². The van der Waals surface area contributed by atoms with Crippen LogP contribution in [0.4, 0.5) is 5.69 Å². The molecule has 0 radical (unpaired) electrons. The predicted octanol–water partition coefficient (Wildman–Crippen LogP) is 4.63. The van der Waals surface area contributed by atoms with Crippen LogP contribution in [0.1, 0.15) is 42.9 Å². The number of carbonyl (C=O) groups is 1. The molecule has 1 aliphatic heterocycles. The monoisotopic (exact) mass is 340 g/mol. The quantitative estimate of drug-likeness (QED) is 0.864. The van der Waals surface area contributed by atoms with Crippen LogP contribution in [0.3, 0.4) is 0 Å². The summed E-state index contributed by atoms with van der Waals surface area (Å²) in [5.41, 5.74) is 3.18. The Morgan fingerprint density at radius 2 is 1.79 bits per heavy atom. The van der Waals surface area contributed by atoms with Gasteiger partial charge in [-0.25, -0.2) is 0 Å². The minimum Gasteiger partial charge on any atom is -0.325 e. The lowest BCUT2D eigenvalue weighted by molar-refractivity contribution is -0.118. The number of hydrogen-bond acceptors (Lipinski definition) is 2. The molecular weight excluding hydrogens is 320 g/mol. The second kappa shape index (κ2) is 6.58. The zero-order valence-corrected chi connectivity index (χ0v) is 14.3. The van der Waals surface area contributed by atoms with Gasteiger partial charge in [0, 0.05) is 16.8 Å². The summed E-state index contributed by atoms with van der Waals surface area (Å²) in [6.45, 7) is 0.427. The van der Waals surface area contributed by atoms with E-state index in [0.717, 1.165) is 24.1 Å². The van der Waals surface area contributed by atoms with Crippen molar-refractivity contribution in [1.82, 2.24) is 4.90 Å². The number of anilines is 1. The third-order valence-electron chi connectivity index (χ3n) is 5.15. The average Bonchev–Trinajstić information content (AvgIpc) is 3.07. The van der Waals surface area contributed by atoms with Crippen molar-refractivity contribution >= 4 is 23.2 Å². The number of fused-ring (bicyclic) bond motifs is 1. The Balaban J connectivity index is 1.87. The van der Waals surface area contributed by atoms with Crippen LogP contribution >= 0.6 is 11.6 Å². The third kappa shape index (κ3) is 2.94. The highest BCUT2D eigenvalue weighted by atomic mass is 35.5. The number of hydrogen-bond donors (Lipinski definition) is 1. The molecule has 124 valence electrons. The number of amides is 1. The van der Waals surface area contributed by atoms with Crippen molar-refractivity contribution in [3.63, 3.8) is 0 Å². The number of benzene rings is 2. The minimum absolute atomic E-state index is 0.0574. The van der Waals surface area contributed by atoms with Gasteiger partial charge in [-0.3, -0.25) is 9.69 Å². The molecule has 1 heterocycles. The van der Waals surface area contributed by atoms with Crippen molar-refractivity contribution in [2.75, 3.05) is 11.9 Å². The molecule has 0 aromatic heterocycles. The zero-order valence-electron chi connectivity index (χ0n) is 13.5. The molecule has 1 atom stereocenters. The first-order chi connectivity index (χ1) is 11.7. The Morgan fingerprint density at radius 1 is 1.04 bits per heavy atom. The van der Waals surface area contributed by atoms with Gasteiger partial charge >= 0.3 is 0 Å². The molecule has 1 amide bonds. The first kappa shape index (κ1) is 15.7. The van der Waals surface area contributed by atoms with E-state index in [1.165, 1.54) is 18.4 Å². The molecule has 2 aliphatic rings. The number of rotatable bonds is 2. The van der Waals surface area contributed by atoms with Gasteiger partial charge in [-0.2, -0.15) is 0 Å². The maximum atomic E-state index is 12.5. The Bertz CT molecular complexity index is 741. The van der Waals surface area contributed by atoms with Gasteiger partial charge < -0.3 is 5.32 Å². The molecular formula is C20H21ClN2O. The number of carbonyl (C=O) groups excluding carboxylic acids is 1. The Morgan fingerprint density at radius 3 is 2.54 bits per heavy atom. The lowest BCUT2D eigenvalue weighted by Gasteiger charge is -2.35. The fourth-order valence-corrected chi connectivity index (χ4v) is 4.26. The van der Waals surface area contributed by atoms with Gasteiger partial charge in [0.15, 0.2) is 0 Å². The summed E-state index contributed by atoms with van der Waals surface area (Å²) in [5, 5.41) is 3.77. The summed E-state index contributed by atoms with van der Waals surface area (Å²) >= 11 is 6.30. The molecule has 4 heteroatoms. The summed E-state index contributed by atoms with van der Waals surface area (Å²) in [7, 11) is 0. The van der Waals surface area contributed by atoms with Crippen LogP contribution in [0.15, 0.2) is 48.5 Å². The Kier molecular flexibility index (Phi) is 4.30. The Hall–Kier alpha value is -1.84. The predicted molar refractivity (Wildman–Crippen MR) is 97.3 cm³/mol. The highest BCUT2D eigenvalue weighted by Crippen LogP contribution is 2.40. The van der Waals surface area contributed by atoms with Gasteiger partial charge in [-0.05, 0) is 42.2 Å². The van der Waals surface area contributed by atoms with Crippen molar-refractivity contribution in [1.29, 1.82) is 0 Å². The lowest BCUT2D eigenvalue weighted by Crippen LogP contribution is -2.40. The largest absolute Gasteiger partial charge is 0.325 e. The molecule has 1 aliphatic carbocycles. The highest BCUT2D eigenvalue weighted by Gasteiger charge is 2.35. The topological polar surface area (TPSA) is 32.3 Å². The molecule has 0 spiro atoms. The van der Waals surface area contributed by atoms with E-state index in [-0.39, 0.29) is 11.9 Å². The van der Waals surface area contributed by atoms with Gasteiger partial charge in [-0.1, -0.05) is 54.8 Å². The van der Waals surface area contributed by atoms with Crippen LogP contribution in [0.5, 0.6) is 0 Å². The Labute approximate surface area is 147 Å². The number of halogens is 1. The number of nitrogens with one attached hydrogen (secondary N) is 1. The molecule has 1 unspecified atom stereocenters. The maximum Gasteiger partial charge on any atom is 0.238 e. The molecule has 4 rings (SSSR count). The third-order valence-corrected chi connectivity index (χ3v) is 5.38. The zero-order chi connectivity index (χ0) is 16.5.